The number of ketones is 1. The van der Waals surface area contributed by atoms with E-state index < -0.39 is 10.0 Å². The Morgan fingerprint density at radius 2 is 1.75 bits per heavy atom. The van der Waals surface area contributed by atoms with Gasteiger partial charge in [0.25, 0.3) is 10.0 Å². The van der Waals surface area contributed by atoms with E-state index in [4.69, 9.17) is 0 Å². The number of hydrogen-bond acceptors (Lipinski definition) is 7. The smallest absolute Gasteiger partial charge is 0.263 e. The predicted molar refractivity (Wildman–Crippen MR) is 128 cm³/mol. The summed E-state index contributed by atoms with van der Waals surface area (Å²) in [5.74, 6) is -0.124. The van der Waals surface area contributed by atoms with Crippen molar-refractivity contribution in [2.75, 3.05) is 10.0 Å². The fourth-order valence-corrected chi connectivity index (χ4v) is 5.00. The van der Waals surface area contributed by atoms with Crippen LogP contribution in [0, 0.1) is 0 Å². The van der Waals surface area contributed by atoms with Crippen molar-refractivity contribution in [3.05, 3.63) is 89.6 Å². The molecule has 0 aliphatic carbocycles. The monoisotopic (exact) mass is 464 g/mol. The van der Waals surface area contributed by atoms with E-state index in [-0.39, 0.29) is 15.8 Å². The number of benzene rings is 3. The third-order valence-electron chi connectivity index (χ3n) is 4.70. The number of carbonyl (C=O) groups excluding carboxylic acids is 1. The lowest BCUT2D eigenvalue weighted by atomic mass is 10.0. The van der Waals surface area contributed by atoms with Crippen molar-refractivity contribution in [3.8, 4) is 0 Å². The van der Waals surface area contributed by atoms with Crippen molar-refractivity contribution >= 4 is 48.7 Å². The van der Waals surface area contributed by atoms with Gasteiger partial charge in [-0.1, -0.05) is 60.7 Å². The Balaban J connectivity index is 1.42. The summed E-state index contributed by atoms with van der Waals surface area (Å²) in [5, 5.41) is 13.6. The molecule has 0 atom stereocenters. The highest BCUT2D eigenvalue weighted by Crippen LogP contribution is 2.22. The molecule has 3 aromatic carbocycles. The number of allylic oxidation sites excluding steroid dienone is 1. The zero-order valence-corrected chi connectivity index (χ0v) is 18.8. The van der Waals surface area contributed by atoms with Crippen LogP contribution < -0.4 is 10.0 Å². The van der Waals surface area contributed by atoms with E-state index in [0.29, 0.717) is 17.7 Å². The molecule has 0 aliphatic rings. The summed E-state index contributed by atoms with van der Waals surface area (Å²) in [7, 11) is -3.76. The van der Waals surface area contributed by atoms with E-state index in [1.165, 1.54) is 29.5 Å². The molecule has 162 valence electrons. The van der Waals surface area contributed by atoms with Gasteiger partial charge in [0.2, 0.25) is 5.13 Å². The van der Waals surface area contributed by atoms with Crippen LogP contribution >= 0.6 is 11.3 Å². The van der Waals surface area contributed by atoms with Crippen LogP contribution in [0.25, 0.3) is 10.8 Å². The molecule has 1 heterocycles. The van der Waals surface area contributed by atoms with E-state index in [1.807, 2.05) is 43.3 Å². The fraction of sp³-hybridized carbons (Fsp3) is 0.0870. The Morgan fingerprint density at radius 3 is 2.50 bits per heavy atom. The number of nitrogens with one attached hydrogen (secondary N) is 2. The Morgan fingerprint density at radius 1 is 1.00 bits per heavy atom. The van der Waals surface area contributed by atoms with E-state index >= 15 is 0 Å². The molecule has 9 heteroatoms. The van der Waals surface area contributed by atoms with Crippen LogP contribution in [0.2, 0.25) is 0 Å². The molecule has 2 N–H and O–H groups in total. The number of anilines is 2. The lowest BCUT2D eigenvalue weighted by Gasteiger charge is -2.06. The molecule has 4 rings (SSSR count). The number of rotatable bonds is 8. The molecule has 4 aromatic rings. The van der Waals surface area contributed by atoms with Gasteiger partial charge in [0.05, 0.1) is 4.90 Å². The maximum absolute atomic E-state index is 12.6. The van der Waals surface area contributed by atoms with Crippen molar-refractivity contribution < 1.29 is 13.2 Å². The van der Waals surface area contributed by atoms with Crippen LogP contribution in [0.5, 0.6) is 0 Å². The Labute approximate surface area is 189 Å². The number of carbonyl (C=O) groups is 1. The first-order chi connectivity index (χ1) is 15.5. The van der Waals surface area contributed by atoms with Gasteiger partial charge in [-0.15, -0.1) is 10.2 Å². The summed E-state index contributed by atoms with van der Waals surface area (Å²) in [5.41, 5.74) is 1.27. The predicted octanol–water partition coefficient (Wildman–Crippen LogP) is 4.86. The normalized spacial score (nSPS) is 11.7. The van der Waals surface area contributed by atoms with Gasteiger partial charge in [-0.3, -0.25) is 9.52 Å². The lowest BCUT2D eigenvalue weighted by molar-refractivity contribution is 0.104. The molecule has 0 amide bonds. The summed E-state index contributed by atoms with van der Waals surface area (Å²) in [6.45, 7) is 1.93. The van der Waals surface area contributed by atoms with Crippen LogP contribution in [0.15, 0.2) is 83.9 Å². The number of aromatic nitrogens is 2. The minimum atomic E-state index is -3.76. The molecule has 32 heavy (non-hydrogen) atoms. The molecule has 0 unspecified atom stereocenters. The van der Waals surface area contributed by atoms with E-state index in [1.54, 1.807) is 24.4 Å². The SMILES string of the molecule is CCc1nnc(NS(=O)(=O)c2ccc(N/C=C/C(=O)c3cccc4ccccc34)cc2)s1. The Kier molecular flexibility index (Phi) is 6.29. The lowest BCUT2D eigenvalue weighted by Crippen LogP contribution is -2.12. The van der Waals surface area contributed by atoms with Gasteiger partial charge >= 0.3 is 0 Å². The molecular weight excluding hydrogens is 444 g/mol. The van der Waals surface area contributed by atoms with Crippen molar-refractivity contribution in [1.82, 2.24) is 10.2 Å². The molecule has 0 bridgehead atoms. The van der Waals surface area contributed by atoms with Gasteiger partial charge in [-0.2, -0.15) is 0 Å². The highest BCUT2D eigenvalue weighted by atomic mass is 32.2. The molecule has 7 nitrogen and oxygen atoms in total. The fourth-order valence-electron chi connectivity index (χ4n) is 3.09. The second-order valence-electron chi connectivity index (χ2n) is 6.85. The van der Waals surface area contributed by atoms with Crippen molar-refractivity contribution in [1.29, 1.82) is 0 Å². The van der Waals surface area contributed by atoms with Crippen LogP contribution in [-0.2, 0) is 16.4 Å². The van der Waals surface area contributed by atoms with Crippen LogP contribution in [0.1, 0.15) is 22.3 Å². The summed E-state index contributed by atoms with van der Waals surface area (Å²) in [6, 6.07) is 19.5. The van der Waals surface area contributed by atoms with Gasteiger partial charge in [0.1, 0.15) is 5.01 Å². The quantitative estimate of drug-likeness (QED) is 0.285. The number of sulfonamides is 1. The van der Waals surface area contributed by atoms with Gasteiger partial charge in [0, 0.05) is 23.5 Å². The number of aryl methyl sites for hydroxylation is 1. The van der Waals surface area contributed by atoms with Crippen LogP contribution in [-0.4, -0.2) is 24.4 Å². The Hall–Kier alpha value is -3.56. The van der Waals surface area contributed by atoms with Crippen molar-refractivity contribution in [2.24, 2.45) is 0 Å². The highest BCUT2D eigenvalue weighted by molar-refractivity contribution is 7.93. The third-order valence-corrected chi connectivity index (χ3v) is 7.16. The topological polar surface area (TPSA) is 101 Å². The number of nitrogens with zero attached hydrogens (tertiary/aromatic N) is 2. The number of fused-ring (bicyclic) bond motifs is 1. The van der Waals surface area contributed by atoms with Gasteiger partial charge in [-0.25, -0.2) is 8.42 Å². The molecule has 0 aliphatic heterocycles. The molecular formula is C23H20N4O3S2. The van der Waals surface area contributed by atoms with Gasteiger partial charge in [-0.05, 0) is 41.5 Å². The first-order valence-corrected chi connectivity index (χ1v) is 12.2. The van der Waals surface area contributed by atoms with Crippen molar-refractivity contribution in [2.45, 2.75) is 18.2 Å². The summed E-state index contributed by atoms with van der Waals surface area (Å²) in [4.78, 5) is 12.7. The molecule has 0 fully saturated rings. The first-order valence-electron chi connectivity index (χ1n) is 9.87. The summed E-state index contributed by atoms with van der Waals surface area (Å²) >= 11 is 1.20. The van der Waals surface area contributed by atoms with Crippen molar-refractivity contribution in [3.63, 3.8) is 0 Å². The maximum atomic E-state index is 12.6. The average molecular weight is 465 g/mol. The van der Waals surface area contributed by atoms with Gasteiger partial charge in [0.15, 0.2) is 5.78 Å². The minimum absolute atomic E-state index is 0.104. The second kappa shape index (κ2) is 9.29. The molecule has 0 saturated carbocycles. The maximum Gasteiger partial charge on any atom is 0.263 e. The van der Waals surface area contributed by atoms with E-state index in [0.717, 1.165) is 15.8 Å². The molecule has 0 radical (unpaired) electrons. The molecule has 1 aromatic heterocycles. The van der Waals surface area contributed by atoms with E-state index in [9.17, 15) is 13.2 Å². The Bertz CT molecular complexity index is 1390. The minimum Gasteiger partial charge on any atom is -0.362 e. The third kappa shape index (κ3) is 4.84. The number of hydrogen-bond donors (Lipinski definition) is 2. The van der Waals surface area contributed by atoms with Crippen LogP contribution in [0.3, 0.4) is 0 Å². The second-order valence-corrected chi connectivity index (χ2v) is 9.60. The zero-order valence-electron chi connectivity index (χ0n) is 17.1. The molecule has 0 saturated heterocycles. The average Bonchev–Trinajstić information content (AvgIpc) is 3.26. The summed E-state index contributed by atoms with van der Waals surface area (Å²) in [6.07, 6.45) is 3.68. The molecule has 0 spiro atoms. The largest absolute Gasteiger partial charge is 0.362 e. The zero-order chi connectivity index (χ0) is 22.6. The van der Waals surface area contributed by atoms with Crippen LogP contribution in [0.4, 0.5) is 10.8 Å². The first kappa shape index (κ1) is 21.7. The van der Waals surface area contributed by atoms with Gasteiger partial charge < -0.3 is 5.32 Å². The van der Waals surface area contributed by atoms with E-state index in [2.05, 4.69) is 20.2 Å². The highest BCUT2D eigenvalue weighted by Gasteiger charge is 2.16. The summed E-state index contributed by atoms with van der Waals surface area (Å²) < 4.78 is 27.5. The standard InChI is InChI=1S/C23H20N4O3S2/c1-2-22-25-26-23(31-22)27-32(29,30)18-12-10-17(11-13-18)24-15-14-21(28)20-9-5-7-16-6-3-4-8-19(16)20/h3-15,24H,2H2,1H3,(H,26,27)/b15-14+.